The zero-order valence-corrected chi connectivity index (χ0v) is 13.9. The van der Waals surface area contributed by atoms with Crippen LogP contribution in [0.2, 0.25) is 0 Å². The molecule has 2 rings (SSSR count). The van der Waals surface area contributed by atoms with Gasteiger partial charge in [0.25, 0.3) is 0 Å². The fraction of sp³-hybridized carbons (Fsp3) is 0.278. The van der Waals surface area contributed by atoms with Crippen molar-refractivity contribution in [1.82, 2.24) is 5.32 Å². The van der Waals surface area contributed by atoms with Gasteiger partial charge in [0, 0.05) is 5.69 Å². The maximum atomic E-state index is 5.65. The van der Waals surface area contributed by atoms with Crippen LogP contribution in [0, 0.1) is 6.92 Å². The van der Waals surface area contributed by atoms with Crippen molar-refractivity contribution in [2.24, 2.45) is 0 Å². The molecule has 0 bridgehead atoms. The molecule has 2 aromatic rings. The number of aryl methyl sites for hydroxylation is 2. The van der Waals surface area contributed by atoms with Crippen molar-refractivity contribution in [3.8, 4) is 5.75 Å². The molecule has 0 atom stereocenters. The maximum Gasteiger partial charge on any atom is 0.170 e. The van der Waals surface area contributed by atoms with Crippen molar-refractivity contribution in [3.05, 3.63) is 59.7 Å². The third-order valence-corrected chi connectivity index (χ3v) is 3.52. The number of benzene rings is 2. The molecule has 0 unspecified atom stereocenters. The highest BCUT2D eigenvalue weighted by molar-refractivity contribution is 7.80. The average Bonchev–Trinajstić information content (AvgIpc) is 2.53. The predicted molar refractivity (Wildman–Crippen MR) is 96.7 cm³/mol. The Kier molecular flexibility index (Phi) is 6.22. The van der Waals surface area contributed by atoms with Crippen LogP contribution in [0.1, 0.15) is 18.1 Å². The second kappa shape index (κ2) is 8.39. The van der Waals surface area contributed by atoms with Crippen LogP contribution in [0.4, 0.5) is 5.69 Å². The molecule has 2 N–H and O–H groups in total. The summed E-state index contributed by atoms with van der Waals surface area (Å²) in [6.45, 7) is 5.42. The van der Waals surface area contributed by atoms with E-state index in [-0.39, 0.29) is 0 Å². The van der Waals surface area contributed by atoms with Gasteiger partial charge in [0.2, 0.25) is 0 Å². The quantitative estimate of drug-likeness (QED) is 0.625. The van der Waals surface area contributed by atoms with Crippen LogP contribution in [0.15, 0.2) is 48.5 Å². The molecule has 0 saturated carbocycles. The Morgan fingerprint density at radius 2 is 1.91 bits per heavy atom. The molecular formula is C18H22N2OS. The SMILES string of the molecule is CCc1cccc(NC(=S)NCCOc2ccc(C)cc2)c1. The topological polar surface area (TPSA) is 33.3 Å². The largest absolute Gasteiger partial charge is 0.492 e. The summed E-state index contributed by atoms with van der Waals surface area (Å²) in [5.74, 6) is 0.877. The molecule has 0 spiro atoms. The lowest BCUT2D eigenvalue weighted by Crippen LogP contribution is -2.31. The molecule has 0 radical (unpaired) electrons. The summed E-state index contributed by atoms with van der Waals surface area (Å²) in [4.78, 5) is 0. The molecule has 0 aliphatic heterocycles. The van der Waals surface area contributed by atoms with Gasteiger partial charge >= 0.3 is 0 Å². The average molecular weight is 314 g/mol. The van der Waals surface area contributed by atoms with Crippen molar-refractivity contribution < 1.29 is 4.74 Å². The first kappa shape index (κ1) is 16.3. The summed E-state index contributed by atoms with van der Waals surface area (Å²) in [6, 6.07) is 16.3. The second-order valence-corrected chi connectivity index (χ2v) is 5.50. The second-order valence-electron chi connectivity index (χ2n) is 5.10. The van der Waals surface area contributed by atoms with E-state index in [1.165, 1.54) is 11.1 Å². The number of thiocarbonyl (C=S) groups is 1. The van der Waals surface area contributed by atoms with Gasteiger partial charge in [0.15, 0.2) is 5.11 Å². The van der Waals surface area contributed by atoms with Crippen LogP contribution in [0.25, 0.3) is 0 Å². The van der Waals surface area contributed by atoms with Crippen LogP contribution < -0.4 is 15.4 Å². The zero-order valence-electron chi connectivity index (χ0n) is 13.1. The molecule has 3 nitrogen and oxygen atoms in total. The fourth-order valence-corrected chi connectivity index (χ4v) is 2.23. The molecule has 0 fully saturated rings. The Morgan fingerprint density at radius 1 is 1.14 bits per heavy atom. The molecule has 0 aromatic heterocycles. The first-order chi connectivity index (χ1) is 10.7. The maximum absolute atomic E-state index is 5.65. The van der Waals surface area contributed by atoms with Crippen molar-refractivity contribution in [2.45, 2.75) is 20.3 Å². The Bertz CT molecular complexity index is 611. The van der Waals surface area contributed by atoms with E-state index in [2.05, 4.69) is 36.6 Å². The lowest BCUT2D eigenvalue weighted by atomic mass is 10.1. The highest BCUT2D eigenvalue weighted by Gasteiger charge is 1.99. The molecule has 0 aliphatic rings. The lowest BCUT2D eigenvalue weighted by Gasteiger charge is -2.12. The molecule has 0 aliphatic carbocycles. The molecule has 4 heteroatoms. The van der Waals surface area contributed by atoms with E-state index in [1.54, 1.807) is 0 Å². The molecule has 22 heavy (non-hydrogen) atoms. The first-order valence-corrected chi connectivity index (χ1v) is 7.91. The molecule has 0 heterocycles. The Morgan fingerprint density at radius 3 is 2.64 bits per heavy atom. The van der Waals surface area contributed by atoms with Gasteiger partial charge in [0.1, 0.15) is 12.4 Å². The minimum atomic E-state index is 0.569. The van der Waals surface area contributed by atoms with Crippen LogP contribution >= 0.6 is 12.2 Å². The number of nitrogens with one attached hydrogen (secondary N) is 2. The summed E-state index contributed by atoms with van der Waals surface area (Å²) < 4.78 is 5.65. The summed E-state index contributed by atoms with van der Waals surface area (Å²) in [6.07, 6.45) is 1.01. The van der Waals surface area contributed by atoms with Gasteiger partial charge in [-0.2, -0.15) is 0 Å². The first-order valence-electron chi connectivity index (χ1n) is 7.50. The minimum Gasteiger partial charge on any atom is -0.492 e. The smallest absolute Gasteiger partial charge is 0.170 e. The summed E-state index contributed by atoms with van der Waals surface area (Å²) in [5.41, 5.74) is 3.52. The normalized spacial score (nSPS) is 10.1. The highest BCUT2D eigenvalue weighted by atomic mass is 32.1. The number of ether oxygens (including phenoxy) is 1. The third-order valence-electron chi connectivity index (χ3n) is 3.27. The molecule has 0 amide bonds. The van der Waals surface area contributed by atoms with E-state index in [0.717, 1.165) is 17.9 Å². The summed E-state index contributed by atoms with van der Waals surface area (Å²) in [5, 5.41) is 6.94. The van der Waals surface area contributed by atoms with Gasteiger partial charge in [-0.25, -0.2) is 0 Å². The van der Waals surface area contributed by atoms with Crippen LogP contribution in [0.3, 0.4) is 0 Å². The monoisotopic (exact) mass is 314 g/mol. The number of hydrogen-bond acceptors (Lipinski definition) is 2. The van der Waals surface area contributed by atoms with Crippen molar-refractivity contribution >= 4 is 23.0 Å². The number of rotatable bonds is 6. The molecular weight excluding hydrogens is 292 g/mol. The Hall–Kier alpha value is -2.07. The van der Waals surface area contributed by atoms with Gasteiger partial charge < -0.3 is 15.4 Å². The molecule has 0 saturated heterocycles. The van der Waals surface area contributed by atoms with E-state index in [1.807, 2.05) is 36.4 Å². The van der Waals surface area contributed by atoms with E-state index in [4.69, 9.17) is 17.0 Å². The van der Waals surface area contributed by atoms with Gasteiger partial charge in [-0.1, -0.05) is 36.8 Å². The van der Waals surface area contributed by atoms with Crippen LogP contribution in [-0.2, 0) is 6.42 Å². The third kappa shape index (κ3) is 5.37. The van der Waals surface area contributed by atoms with Crippen molar-refractivity contribution in [2.75, 3.05) is 18.5 Å². The van der Waals surface area contributed by atoms with E-state index >= 15 is 0 Å². The van der Waals surface area contributed by atoms with Gasteiger partial charge in [-0.15, -0.1) is 0 Å². The Balaban J connectivity index is 1.70. The van der Waals surface area contributed by atoms with Gasteiger partial charge in [0.05, 0.1) is 6.54 Å². The van der Waals surface area contributed by atoms with E-state index in [0.29, 0.717) is 18.3 Å². The van der Waals surface area contributed by atoms with Crippen LogP contribution in [0.5, 0.6) is 5.75 Å². The molecule has 116 valence electrons. The van der Waals surface area contributed by atoms with E-state index in [9.17, 15) is 0 Å². The van der Waals surface area contributed by atoms with E-state index < -0.39 is 0 Å². The van der Waals surface area contributed by atoms with Crippen molar-refractivity contribution in [3.63, 3.8) is 0 Å². The lowest BCUT2D eigenvalue weighted by molar-refractivity contribution is 0.322. The van der Waals surface area contributed by atoms with Crippen LogP contribution in [-0.4, -0.2) is 18.3 Å². The predicted octanol–water partition coefficient (Wildman–Crippen LogP) is 3.92. The standard InChI is InChI=1S/C18H22N2OS/c1-3-15-5-4-6-16(13-15)20-18(22)19-11-12-21-17-9-7-14(2)8-10-17/h4-10,13H,3,11-12H2,1-2H3,(H2,19,20,22). The zero-order chi connectivity index (χ0) is 15.8. The summed E-state index contributed by atoms with van der Waals surface area (Å²) in [7, 11) is 0. The van der Waals surface area contributed by atoms with Crippen molar-refractivity contribution in [1.29, 1.82) is 0 Å². The number of hydrogen-bond donors (Lipinski definition) is 2. The van der Waals surface area contributed by atoms with Gasteiger partial charge in [-0.05, 0) is 55.4 Å². The summed E-state index contributed by atoms with van der Waals surface area (Å²) >= 11 is 5.28. The fourth-order valence-electron chi connectivity index (χ4n) is 2.01. The van der Waals surface area contributed by atoms with Gasteiger partial charge in [-0.3, -0.25) is 0 Å². The highest BCUT2D eigenvalue weighted by Crippen LogP contribution is 2.11. The number of anilines is 1. The minimum absolute atomic E-state index is 0.569. The Labute approximate surface area is 137 Å². The molecule has 2 aromatic carbocycles.